The first kappa shape index (κ1) is 20.9. The molecule has 0 atom stereocenters. The Labute approximate surface area is 181 Å². The Morgan fingerprint density at radius 2 is 1.87 bits per heavy atom. The number of benzene rings is 2. The van der Waals surface area contributed by atoms with Gasteiger partial charge in [0.15, 0.2) is 6.54 Å². The molecule has 3 aromatic rings. The van der Waals surface area contributed by atoms with Crippen LogP contribution in [0.1, 0.15) is 27.2 Å². The van der Waals surface area contributed by atoms with Crippen molar-refractivity contribution in [2.24, 2.45) is 0 Å². The highest BCUT2D eigenvalue weighted by Crippen LogP contribution is 2.28. The zero-order valence-corrected chi connectivity index (χ0v) is 18.2. The predicted molar refractivity (Wildman–Crippen MR) is 122 cm³/mol. The van der Waals surface area contributed by atoms with E-state index in [1.165, 1.54) is 21.7 Å². The van der Waals surface area contributed by atoms with Crippen molar-refractivity contribution in [1.29, 1.82) is 0 Å². The first-order chi connectivity index (χ1) is 14.8. The molecule has 1 amide bonds. The molecule has 1 aromatic heterocycles. The van der Waals surface area contributed by atoms with Crippen LogP contribution < -0.4 is 15.1 Å². The summed E-state index contributed by atoms with van der Waals surface area (Å²) in [5.74, 6) is -1.25. The summed E-state index contributed by atoms with van der Waals surface area (Å²) in [6.45, 7) is 10.0. The summed E-state index contributed by atoms with van der Waals surface area (Å²) in [6, 6.07) is 12.0. The first-order valence-corrected chi connectivity index (χ1v) is 10.6. The summed E-state index contributed by atoms with van der Waals surface area (Å²) in [6.07, 6.45) is 0. The molecular weight excluding hydrogens is 392 g/mol. The highest BCUT2D eigenvalue weighted by Gasteiger charge is 2.25. The second-order valence-corrected chi connectivity index (χ2v) is 8.41. The van der Waals surface area contributed by atoms with Gasteiger partial charge < -0.3 is 25.2 Å². The molecule has 0 spiro atoms. The van der Waals surface area contributed by atoms with E-state index < -0.39 is 5.97 Å². The Bertz CT molecular complexity index is 1140. The van der Waals surface area contributed by atoms with Gasteiger partial charge in [0.25, 0.3) is 5.91 Å². The number of aromatic amines is 1. The van der Waals surface area contributed by atoms with Crippen LogP contribution in [0.2, 0.25) is 0 Å². The number of carboxylic acids is 1. The molecule has 0 saturated carbocycles. The smallest absolute Gasteiger partial charge is 0.354 e. The maximum Gasteiger partial charge on any atom is 0.354 e. The minimum Gasteiger partial charge on any atom is -0.477 e. The number of nitrogens with one attached hydrogen (secondary N) is 3. The fourth-order valence-corrected chi connectivity index (χ4v) is 4.33. The molecule has 0 radical (unpaired) electrons. The predicted octanol–water partition coefficient (Wildman–Crippen LogP) is 2.13. The summed E-state index contributed by atoms with van der Waals surface area (Å²) in [5, 5.41) is 13.1. The third kappa shape index (κ3) is 4.27. The second-order valence-electron chi connectivity index (χ2n) is 8.41. The maximum absolute atomic E-state index is 12.8. The van der Waals surface area contributed by atoms with Crippen molar-refractivity contribution < 1.29 is 19.6 Å². The number of hydrogen-bond donors (Lipinski definition) is 4. The van der Waals surface area contributed by atoms with Gasteiger partial charge in [-0.15, -0.1) is 0 Å². The monoisotopic (exact) mass is 421 g/mol. The first-order valence-electron chi connectivity index (χ1n) is 10.6. The topological polar surface area (TPSA) is 89.9 Å². The number of carbonyl (C=O) groups is 2. The highest BCUT2D eigenvalue weighted by atomic mass is 16.4. The van der Waals surface area contributed by atoms with Crippen molar-refractivity contribution in [2.45, 2.75) is 20.8 Å². The van der Waals surface area contributed by atoms with Crippen LogP contribution in [0.4, 0.5) is 11.4 Å². The number of hydrogen-bond acceptors (Lipinski definition) is 3. The van der Waals surface area contributed by atoms with E-state index in [0.29, 0.717) is 17.7 Å². The van der Waals surface area contributed by atoms with Gasteiger partial charge >= 0.3 is 5.97 Å². The summed E-state index contributed by atoms with van der Waals surface area (Å²) < 4.78 is 0. The van der Waals surface area contributed by atoms with E-state index in [1.54, 1.807) is 0 Å². The molecule has 0 bridgehead atoms. The third-order valence-electron chi connectivity index (χ3n) is 6.23. The van der Waals surface area contributed by atoms with E-state index >= 15 is 0 Å². The van der Waals surface area contributed by atoms with Gasteiger partial charge in [-0.3, -0.25) is 4.79 Å². The molecule has 1 fully saturated rings. The molecule has 1 saturated heterocycles. The van der Waals surface area contributed by atoms with E-state index in [0.717, 1.165) is 37.1 Å². The number of carbonyl (C=O) groups excluding carboxylic acids is 1. The molecule has 2 heterocycles. The molecule has 0 aliphatic carbocycles. The molecule has 31 heavy (non-hydrogen) atoms. The Morgan fingerprint density at radius 1 is 1.13 bits per heavy atom. The van der Waals surface area contributed by atoms with Crippen molar-refractivity contribution in [3.63, 3.8) is 0 Å². The lowest BCUT2D eigenvalue weighted by Gasteiger charge is -2.34. The standard InChI is InChI=1S/C24H28N4O3/c1-15-7-8-19-18(13-15)22(23(25-19)24(30)31)26-21(29)14-27-9-11-28(12-10-27)20-6-4-5-16(2)17(20)3/h4-8,13,25H,9-12,14H2,1-3H3,(H,26,29)(H,30,31)/p+1. The normalized spacial score (nSPS) is 14.7. The summed E-state index contributed by atoms with van der Waals surface area (Å²) in [4.78, 5) is 30.9. The van der Waals surface area contributed by atoms with Gasteiger partial charge in [0.05, 0.1) is 31.9 Å². The van der Waals surface area contributed by atoms with Gasteiger partial charge in [-0.1, -0.05) is 23.8 Å². The van der Waals surface area contributed by atoms with Gasteiger partial charge in [0, 0.05) is 16.6 Å². The van der Waals surface area contributed by atoms with Crippen molar-refractivity contribution >= 4 is 34.2 Å². The van der Waals surface area contributed by atoms with Crippen LogP contribution in [0.15, 0.2) is 36.4 Å². The molecule has 1 aliphatic heterocycles. The Hall–Kier alpha value is -3.32. The number of amides is 1. The maximum atomic E-state index is 12.8. The van der Waals surface area contributed by atoms with E-state index in [-0.39, 0.29) is 11.6 Å². The number of quaternary nitrogens is 1. The number of fused-ring (bicyclic) bond motifs is 1. The molecule has 7 heteroatoms. The number of carboxylic acid groups (broad SMARTS) is 1. The SMILES string of the molecule is Cc1ccc2[nH]c(C(=O)O)c(NC(=O)C[NH+]3CCN(c4cccc(C)c4C)CC3)c2c1. The molecule has 7 nitrogen and oxygen atoms in total. The van der Waals surface area contributed by atoms with Crippen molar-refractivity contribution in [1.82, 2.24) is 4.98 Å². The van der Waals surface area contributed by atoms with Crippen LogP contribution in [-0.2, 0) is 4.79 Å². The fraction of sp³-hybridized carbons (Fsp3) is 0.333. The second kappa shape index (κ2) is 8.43. The molecule has 1 aliphatic rings. The number of rotatable bonds is 5. The Morgan fingerprint density at radius 3 is 2.58 bits per heavy atom. The lowest BCUT2D eigenvalue weighted by atomic mass is 10.1. The van der Waals surface area contributed by atoms with Gasteiger partial charge in [0.2, 0.25) is 0 Å². The number of aromatic nitrogens is 1. The lowest BCUT2D eigenvalue weighted by Crippen LogP contribution is -3.15. The Balaban J connectivity index is 1.42. The number of aryl methyl sites for hydroxylation is 2. The summed E-state index contributed by atoms with van der Waals surface area (Å²) in [5.41, 5.74) is 5.94. The van der Waals surface area contributed by atoms with Crippen LogP contribution in [0.3, 0.4) is 0 Å². The van der Waals surface area contributed by atoms with Crippen molar-refractivity contribution in [3.05, 3.63) is 58.8 Å². The third-order valence-corrected chi connectivity index (χ3v) is 6.23. The summed E-state index contributed by atoms with van der Waals surface area (Å²) >= 11 is 0. The average Bonchev–Trinajstić information content (AvgIpc) is 3.08. The van der Waals surface area contributed by atoms with Gasteiger partial charge in [-0.05, 0) is 50.1 Å². The molecule has 2 aromatic carbocycles. The van der Waals surface area contributed by atoms with E-state index in [2.05, 4.69) is 47.2 Å². The highest BCUT2D eigenvalue weighted by molar-refractivity contribution is 6.10. The minimum absolute atomic E-state index is 0.0173. The zero-order valence-electron chi connectivity index (χ0n) is 18.2. The van der Waals surface area contributed by atoms with Crippen LogP contribution in [0, 0.1) is 20.8 Å². The average molecular weight is 422 g/mol. The zero-order chi connectivity index (χ0) is 22.1. The molecule has 4 rings (SSSR count). The lowest BCUT2D eigenvalue weighted by molar-refractivity contribution is -0.892. The fourth-order valence-electron chi connectivity index (χ4n) is 4.33. The van der Waals surface area contributed by atoms with Crippen LogP contribution in [0.5, 0.6) is 0 Å². The number of anilines is 2. The largest absolute Gasteiger partial charge is 0.477 e. The number of aromatic carboxylic acids is 1. The van der Waals surface area contributed by atoms with E-state index in [9.17, 15) is 14.7 Å². The van der Waals surface area contributed by atoms with Gasteiger partial charge in [0.1, 0.15) is 5.69 Å². The molecule has 162 valence electrons. The van der Waals surface area contributed by atoms with Gasteiger partial charge in [-0.2, -0.15) is 0 Å². The van der Waals surface area contributed by atoms with Crippen LogP contribution in [-0.4, -0.2) is 54.7 Å². The van der Waals surface area contributed by atoms with Crippen molar-refractivity contribution in [3.8, 4) is 0 Å². The van der Waals surface area contributed by atoms with Crippen LogP contribution >= 0.6 is 0 Å². The Kier molecular flexibility index (Phi) is 5.69. The van der Waals surface area contributed by atoms with Crippen LogP contribution in [0.25, 0.3) is 10.9 Å². The molecule has 0 unspecified atom stereocenters. The van der Waals surface area contributed by atoms with E-state index in [4.69, 9.17) is 0 Å². The number of H-pyrrole nitrogens is 1. The molecular formula is C24H29N4O3+. The molecule has 4 N–H and O–H groups in total. The van der Waals surface area contributed by atoms with Gasteiger partial charge in [-0.25, -0.2) is 4.79 Å². The van der Waals surface area contributed by atoms with Crippen molar-refractivity contribution in [2.75, 3.05) is 42.9 Å². The quantitative estimate of drug-likeness (QED) is 0.508. The minimum atomic E-state index is -1.08. The van der Waals surface area contributed by atoms with E-state index in [1.807, 2.05) is 25.1 Å². The summed E-state index contributed by atoms with van der Waals surface area (Å²) in [7, 11) is 0. The number of nitrogens with zero attached hydrogens (tertiary/aromatic N) is 1. The number of piperazine rings is 1.